The summed E-state index contributed by atoms with van der Waals surface area (Å²) >= 11 is 0. The van der Waals surface area contributed by atoms with Crippen molar-refractivity contribution in [3.05, 3.63) is 123 Å². The zero-order valence-corrected chi connectivity index (χ0v) is 39.1. The van der Waals surface area contributed by atoms with E-state index in [-0.39, 0.29) is 29.8 Å². The number of ether oxygens (including phenoxy) is 3. The van der Waals surface area contributed by atoms with Crippen molar-refractivity contribution in [2.75, 3.05) is 65.4 Å². The number of non-ortho nitro benzene ring substituents is 1. The number of nitrogens with zero attached hydrogens (tertiary/aromatic N) is 4. The number of fused-ring (bicyclic) bond motifs is 6. The van der Waals surface area contributed by atoms with Crippen LogP contribution in [0.1, 0.15) is 79.2 Å². The van der Waals surface area contributed by atoms with Crippen molar-refractivity contribution in [3.8, 4) is 5.75 Å². The number of carbonyl (C=O) groups is 3. The van der Waals surface area contributed by atoms with Crippen LogP contribution in [0.15, 0.2) is 84.5 Å². The lowest BCUT2D eigenvalue weighted by Crippen LogP contribution is -2.81. The van der Waals surface area contributed by atoms with E-state index in [1.54, 1.807) is 7.11 Å². The minimum absolute atomic E-state index is 0.00599. The number of aromatic amines is 1. The number of amides is 1. The Bertz CT molecular complexity index is 2750. The number of nitrogens with one attached hydrogen (secondary N) is 2. The molecule has 10 rings (SSSR count). The fraction of sp³-hybridized carbons (Fsp3) is 0.481. The standard InChI is InChI=1S/C52H60N6O9/c1-7-32-24-33-27-51(48(61)66-6,43-37(18-22-56(28-32)29-33)36-12-9-10-13-40(36)54-43)39-25-38-41(26-42(39)65-5)55(4)46-50(38)20-23-57-21-11-19-49(8-2,45(50)57)47(67-31(3)59)52(46,62)30-53-44(60)34-14-16-35(17-15-34)58(63)64/h9-17,19,24-26,33,45-47,54,62H,7-8,18,20-23,27-30H2,1-6H3,(H,53,60)/t33-,45?,46+,47+,49+,50+,51-,52?/m0/s1. The molecular weight excluding hydrogens is 853 g/mol. The second kappa shape index (κ2) is 16.3. The highest BCUT2D eigenvalue weighted by Crippen LogP contribution is 2.68. The summed E-state index contributed by atoms with van der Waals surface area (Å²) in [7, 11) is 5.02. The number of H-pyrrole nitrogens is 1. The van der Waals surface area contributed by atoms with Crippen LogP contribution in [0, 0.1) is 21.4 Å². The van der Waals surface area contributed by atoms with Crippen molar-refractivity contribution in [1.29, 1.82) is 0 Å². The quantitative estimate of drug-likeness (QED) is 0.0737. The summed E-state index contributed by atoms with van der Waals surface area (Å²) in [6.07, 6.45) is 8.60. The van der Waals surface area contributed by atoms with E-state index in [0.717, 1.165) is 59.5 Å². The average Bonchev–Trinajstić information content (AvgIpc) is 4.00. The lowest BCUT2D eigenvalue weighted by molar-refractivity contribution is -0.384. The van der Waals surface area contributed by atoms with Gasteiger partial charge in [-0.25, -0.2) is 0 Å². The molecule has 15 nitrogen and oxygen atoms in total. The van der Waals surface area contributed by atoms with Crippen LogP contribution in [0.2, 0.25) is 0 Å². The summed E-state index contributed by atoms with van der Waals surface area (Å²) in [5.41, 5.74) is 1.50. The third-order valence-electron chi connectivity index (χ3n) is 16.5. The molecule has 2 bridgehead atoms. The SMILES string of the molecule is CCC1=C[C@@H]2CN(CCc3c([nH]c4ccccc34)[C@@](C(=O)OC)(c3cc4c(cc3OC)N(C)[C@H]3C(O)(CNC(=O)c5ccc([N+](=O)[O-])cc5)[C@H](OC(C)=O)[C@]5(CC)C=CCN6CC[C@]43C65)C2)C1. The van der Waals surface area contributed by atoms with Gasteiger partial charge in [-0.1, -0.05) is 55.8 Å². The first kappa shape index (κ1) is 44.8. The molecule has 2 fully saturated rings. The molecule has 352 valence electrons. The first-order valence-corrected chi connectivity index (χ1v) is 23.6. The predicted molar refractivity (Wildman–Crippen MR) is 252 cm³/mol. The normalized spacial score (nSPS) is 31.5. The molecule has 3 aromatic carbocycles. The molecule has 1 aromatic heterocycles. The number of carbonyl (C=O) groups excluding carboxylic acids is 3. The van der Waals surface area contributed by atoms with Crippen molar-refractivity contribution in [2.24, 2.45) is 11.3 Å². The van der Waals surface area contributed by atoms with Gasteiger partial charge in [0.2, 0.25) is 0 Å². The third-order valence-corrected chi connectivity index (χ3v) is 16.5. The van der Waals surface area contributed by atoms with Crippen LogP contribution in [0.25, 0.3) is 10.9 Å². The summed E-state index contributed by atoms with van der Waals surface area (Å²) in [6.45, 7) is 9.09. The third kappa shape index (κ3) is 6.43. The van der Waals surface area contributed by atoms with Gasteiger partial charge in [0.1, 0.15) is 22.9 Å². The largest absolute Gasteiger partial charge is 0.496 e. The van der Waals surface area contributed by atoms with Crippen molar-refractivity contribution in [2.45, 2.75) is 87.5 Å². The second-order valence-corrected chi connectivity index (χ2v) is 19.7. The minimum atomic E-state index is -1.91. The number of hydrogen-bond acceptors (Lipinski definition) is 12. The minimum Gasteiger partial charge on any atom is -0.496 e. The van der Waals surface area contributed by atoms with Gasteiger partial charge in [-0.15, -0.1) is 0 Å². The monoisotopic (exact) mass is 912 g/mol. The molecule has 1 spiro atoms. The number of aliphatic hydroxyl groups is 1. The molecule has 6 heterocycles. The van der Waals surface area contributed by atoms with Gasteiger partial charge < -0.3 is 34.5 Å². The molecule has 1 amide bonds. The topological polar surface area (TPSA) is 180 Å². The molecule has 6 aliphatic rings. The fourth-order valence-electron chi connectivity index (χ4n) is 14.1. The highest BCUT2D eigenvalue weighted by Gasteiger charge is 2.78. The van der Waals surface area contributed by atoms with E-state index < -0.39 is 56.8 Å². The second-order valence-electron chi connectivity index (χ2n) is 19.7. The summed E-state index contributed by atoms with van der Waals surface area (Å²) in [6, 6.07) is 16.7. The van der Waals surface area contributed by atoms with E-state index in [9.17, 15) is 24.8 Å². The van der Waals surface area contributed by atoms with E-state index in [2.05, 4.69) is 75.3 Å². The van der Waals surface area contributed by atoms with Gasteiger partial charge in [0.15, 0.2) is 0 Å². The Balaban J connectivity index is 1.21. The highest BCUT2D eigenvalue weighted by atomic mass is 16.6. The Hall–Kier alpha value is -6.03. The van der Waals surface area contributed by atoms with Gasteiger partial charge in [-0.2, -0.15) is 0 Å². The number of methoxy groups -OCH3 is 2. The summed E-state index contributed by atoms with van der Waals surface area (Å²) in [5.74, 6) is -1.02. The molecule has 1 aliphatic carbocycles. The molecule has 3 unspecified atom stereocenters. The maximum Gasteiger partial charge on any atom is 0.322 e. The molecule has 0 radical (unpaired) electrons. The van der Waals surface area contributed by atoms with Crippen molar-refractivity contribution in [1.82, 2.24) is 20.1 Å². The van der Waals surface area contributed by atoms with Crippen LogP contribution in [0.3, 0.4) is 0 Å². The smallest absolute Gasteiger partial charge is 0.322 e. The number of rotatable bonds is 10. The van der Waals surface area contributed by atoms with Crippen LogP contribution < -0.4 is 15.0 Å². The predicted octanol–water partition coefficient (Wildman–Crippen LogP) is 5.96. The molecule has 9 atom stereocenters. The van der Waals surface area contributed by atoms with Crippen LogP contribution in [0.5, 0.6) is 5.75 Å². The first-order valence-electron chi connectivity index (χ1n) is 23.6. The number of aromatic nitrogens is 1. The number of nitro groups is 1. The van der Waals surface area contributed by atoms with Crippen LogP contribution in [-0.4, -0.2) is 127 Å². The summed E-state index contributed by atoms with van der Waals surface area (Å²) < 4.78 is 18.9. The summed E-state index contributed by atoms with van der Waals surface area (Å²) in [4.78, 5) is 64.5. The van der Waals surface area contributed by atoms with Crippen LogP contribution >= 0.6 is 0 Å². The number of likely N-dealkylation sites (N-methyl/N-ethyl adjacent to an activating group) is 1. The molecule has 4 aromatic rings. The van der Waals surface area contributed by atoms with Gasteiger partial charge in [0.25, 0.3) is 11.6 Å². The molecule has 3 N–H and O–H groups in total. The Morgan fingerprint density at radius 1 is 1.03 bits per heavy atom. The first-order chi connectivity index (χ1) is 32.2. The number of benzene rings is 3. The lowest BCUT2D eigenvalue weighted by Gasteiger charge is -2.64. The number of esters is 2. The van der Waals surface area contributed by atoms with Gasteiger partial charge in [0, 0.05) is 109 Å². The molecular formula is C52H60N6O9. The Morgan fingerprint density at radius 2 is 1.81 bits per heavy atom. The summed E-state index contributed by atoms with van der Waals surface area (Å²) in [5, 5.41) is 29.4. The molecule has 1 saturated heterocycles. The number of para-hydroxylation sites is 1. The maximum atomic E-state index is 15.5. The lowest BCUT2D eigenvalue weighted by atomic mass is 9.47. The average molecular weight is 913 g/mol. The Morgan fingerprint density at radius 3 is 2.51 bits per heavy atom. The molecule has 15 heteroatoms. The van der Waals surface area contributed by atoms with Gasteiger partial charge in [0.05, 0.1) is 31.7 Å². The van der Waals surface area contributed by atoms with Crippen LogP contribution in [-0.2, 0) is 36.3 Å². The maximum absolute atomic E-state index is 15.5. The van der Waals surface area contributed by atoms with Crippen molar-refractivity contribution >= 4 is 40.1 Å². The van der Waals surface area contributed by atoms with E-state index in [1.807, 2.05) is 25.2 Å². The van der Waals surface area contributed by atoms with Crippen LogP contribution in [0.4, 0.5) is 11.4 Å². The van der Waals surface area contributed by atoms with Gasteiger partial charge >= 0.3 is 11.9 Å². The molecule has 5 aliphatic heterocycles. The van der Waals surface area contributed by atoms with Gasteiger partial charge in [-0.05, 0) is 80.0 Å². The fourth-order valence-corrected chi connectivity index (χ4v) is 14.1. The van der Waals surface area contributed by atoms with E-state index >= 15 is 4.79 Å². The van der Waals surface area contributed by atoms with E-state index in [4.69, 9.17) is 14.2 Å². The van der Waals surface area contributed by atoms with Crippen molar-refractivity contribution < 1.29 is 38.6 Å². The number of hydrogen-bond donors (Lipinski definition) is 3. The number of anilines is 1. The Labute approximate surface area is 390 Å². The van der Waals surface area contributed by atoms with Gasteiger partial charge in [-0.3, -0.25) is 34.3 Å². The van der Waals surface area contributed by atoms with E-state index in [0.29, 0.717) is 50.1 Å². The van der Waals surface area contributed by atoms with Crippen molar-refractivity contribution in [3.63, 3.8) is 0 Å². The Kier molecular flexibility index (Phi) is 10.9. The zero-order valence-electron chi connectivity index (χ0n) is 39.1. The number of nitro benzene ring substituents is 1. The zero-order chi connectivity index (χ0) is 47.2. The van der Waals surface area contributed by atoms with E-state index in [1.165, 1.54) is 43.9 Å². The highest BCUT2D eigenvalue weighted by molar-refractivity contribution is 5.95. The molecule has 67 heavy (non-hydrogen) atoms. The molecule has 1 saturated carbocycles.